The van der Waals surface area contributed by atoms with Gasteiger partial charge >= 0.3 is 0 Å². The Morgan fingerprint density at radius 3 is 2.76 bits per heavy atom. The van der Waals surface area contributed by atoms with Crippen molar-refractivity contribution in [2.75, 3.05) is 0 Å². The summed E-state index contributed by atoms with van der Waals surface area (Å²) in [6.45, 7) is 4.41. The lowest BCUT2D eigenvalue weighted by atomic mass is 10.0. The molecule has 1 aromatic heterocycles. The number of rotatable bonds is 4. The topological polar surface area (TPSA) is 62.3 Å². The van der Waals surface area contributed by atoms with Crippen LogP contribution in [0, 0.1) is 12.8 Å². The number of aromatic nitrogens is 1. The molecule has 112 valence electrons. The monoisotopic (exact) mass is 287 g/mol. The standard InChI is InChI=1S/C16H21N3O2/c1-3-13-15(20)18-14(11-4-5-11)16(21)19(13)9-12-8-17-7-6-10(12)2/h6-8,11,13-14H,3-5,9H2,1-2H3,(H,18,20). The lowest BCUT2D eigenvalue weighted by Gasteiger charge is -2.39. The predicted molar refractivity (Wildman–Crippen MR) is 78.3 cm³/mol. The summed E-state index contributed by atoms with van der Waals surface area (Å²) in [4.78, 5) is 30.9. The molecule has 3 rings (SSSR count). The van der Waals surface area contributed by atoms with Crippen molar-refractivity contribution in [1.82, 2.24) is 15.2 Å². The van der Waals surface area contributed by atoms with E-state index in [-0.39, 0.29) is 23.9 Å². The maximum absolute atomic E-state index is 12.7. The minimum atomic E-state index is -0.368. The van der Waals surface area contributed by atoms with Crippen LogP contribution in [-0.2, 0) is 16.1 Å². The Balaban J connectivity index is 1.86. The Bertz CT molecular complexity index is 568. The van der Waals surface area contributed by atoms with E-state index in [1.165, 1.54) is 0 Å². The first-order chi connectivity index (χ1) is 10.1. The molecule has 1 saturated heterocycles. The van der Waals surface area contributed by atoms with E-state index in [2.05, 4.69) is 10.3 Å². The minimum Gasteiger partial charge on any atom is -0.342 e. The van der Waals surface area contributed by atoms with Gasteiger partial charge in [0.2, 0.25) is 11.8 Å². The Morgan fingerprint density at radius 1 is 1.38 bits per heavy atom. The third-order valence-electron chi connectivity index (χ3n) is 4.49. The van der Waals surface area contributed by atoms with Crippen LogP contribution in [0.3, 0.4) is 0 Å². The summed E-state index contributed by atoms with van der Waals surface area (Å²) in [6, 6.07) is 1.24. The molecule has 1 N–H and O–H groups in total. The highest BCUT2D eigenvalue weighted by Crippen LogP contribution is 2.35. The molecule has 0 radical (unpaired) electrons. The zero-order valence-electron chi connectivity index (χ0n) is 12.5. The number of hydrogen-bond acceptors (Lipinski definition) is 3. The predicted octanol–water partition coefficient (Wildman–Crippen LogP) is 1.41. The molecular formula is C16H21N3O2. The number of nitrogens with zero attached hydrogens (tertiary/aromatic N) is 2. The van der Waals surface area contributed by atoms with Crippen molar-refractivity contribution in [3.63, 3.8) is 0 Å². The highest BCUT2D eigenvalue weighted by molar-refractivity contribution is 5.97. The average Bonchev–Trinajstić information content (AvgIpc) is 3.29. The van der Waals surface area contributed by atoms with Crippen LogP contribution in [-0.4, -0.2) is 33.8 Å². The molecule has 0 aromatic carbocycles. The van der Waals surface area contributed by atoms with Crippen LogP contribution < -0.4 is 5.32 Å². The molecule has 1 aliphatic carbocycles. The second-order valence-electron chi connectivity index (χ2n) is 6.02. The first-order valence-corrected chi connectivity index (χ1v) is 7.62. The first-order valence-electron chi connectivity index (χ1n) is 7.62. The molecule has 2 fully saturated rings. The quantitative estimate of drug-likeness (QED) is 0.910. The Hall–Kier alpha value is -1.91. The van der Waals surface area contributed by atoms with Crippen LogP contribution in [0.4, 0.5) is 0 Å². The summed E-state index contributed by atoms with van der Waals surface area (Å²) >= 11 is 0. The Morgan fingerprint density at radius 2 is 2.14 bits per heavy atom. The first kappa shape index (κ1) is 14.0. The van der Waals surface area contributed by atoms with Crippen LogP contribution in [0.5, 0.6) is 0 Å². The van der Waals surface area contributed by atoms with Crippen molar-refractivity contribution < 1.29 is 9.59 Å². The zero-order valence-corrected chi connectivity index (χ0v) is 12.5. The molecule has 0 bridgehead atoms. The van der Waals surface area contributed by atoms with Crippen LogP contribution in [0.15, 0.2) is 18.5 Å². The molecule has 2 unspecified atom stereocenters. The lowest BCUT2D eigenvalue weighted by molar-refractivity contribution is -0.150. The summed E-state index contributed by atoms with van der Waals surface area (Å²) < 4.78 is 0. The van der Waals surface area contributed by atoms with E-state index in [4.69, 9.17) is 0 Å². The van der Waals surface area contributed by atoms with Crippen molar-refractivity contribution in [1.29, 1.82) is 0 Å². The second kappa shape index (κ2) is 5.47. The van der Waals surface area contributed by atoms with Gasteiger partial charge in [0, 0.05) is 18.9 Å². The lowest BCUT2D eigenvalue weighted by Crippen LogP contribution is -2.63. The van der Waals surface area contributed by atoms with Crippen molar-refractivity contribution in [2.45, 2.75) is 51.7 Å². The van der Waals surface area contributed by atoms with Gasteiger partial charge in [0.05, 0.1) is 0 Å². The van der Waals surface area contributed by atoms with E-state index < -0.39 is 0 Å². The summed E-state index contributed by atoms with van der Waals surface area (Å²) in [5.74, 6) is 0.375. The van der Waals surface area contributed by atoms with Crippen molar-refractivity contribution >= 4 is 11.8 Å². The molecule has 1 aromatic rings. The number of hydrogen-bond donors (Lipinski definition) is 1. The summed E-state index contributed by atoms with van der Waals surface area (Å²) in [5.41, 5.74) is 2.11. The number of piperazine rings is 1. The minimum absolute atomic E-state index is 0.0180. The maximum atomic E-state index is 12.7. The number of aryl methyl sites for hydroxylation is 1. The molecule has 2 aliphatic rings. The number of nitrogens with one attached hydrogen (secondary N) is 1. The van der Waals surface area contributed by atoms with Gasteiger partial charge in [-0.1, -0.05) is 6.92 Å². The third-order valence-corrected chi connectivity index (χ3v) is 4.49. The van der Waals surface area contributed by atoms with Gasteiger partial charge in [-0.05, 0) is 49.3 Å². The van der Waals surface area contributed by atoms with Gasteiger partial charge in [0.1, 0.15) is 12.1 Å². The van der Waals surface area contributed by atoms with Crippen molar-refractivity contribution in [2.24, 2.45) is 5.92 Å². The second-order valence-corrected chi connectivity index (χ2v) is 6.02. The molecule has 5 nitrogen and oxygen atoms in total. The van der Waals surface area contributed by atoms with Crippen LogP contribution in [0.2, 0.25) is 0 Å². The molecule has 5 heteroatoms. The smallest absolute Gasteiger partial charge is 0.246 e. The summed E-state index contributed by atoms with van der Waals surface area (Å²) in [5, 5.41) is 2.91. The van der Waals surface area contributed by atoms with Crippen LogP contribution in [0.25, 0.3) is 0 Å². The molecule has 2 amide bonds. The third kappa shape index (κ3) is 2.64. The van der Waals surface area contributed by atoms with Crippen molar-refractivity contribution in [3.8, 4) is 0 Å². The molecule has 2 atom stereocenters. The van der Waals surface area contributed by atoms with Gasteiger partial charge in [0.15, 0.2) is 0 Å². The van der Waals surface area contributed by atoms with Crippen LogP contribution in [0.1, 0.15) is 37.3 Å². The van der Waals surface area contributed by atoms with E-state index in [0.717, 1.165) is 24.0 Å². The molecule has 1 saturated carbocycles. The SMILES string of the molecule is CCC1C(=O)NC(C2CC2)C(=O)N1Cc1cnccc1C. The van der Waals surface area contributed by atoms with E-state index in [1.807, 2.05) is 19.9 Å². The van der Waals surface area contributed by atoms with Gasteiger partial charge < -0.3 is 10.2 Å². The number of amides is 2. The van der Waals surface area contributed by atoms with Gasteiger partial charge in [0.25, 0.3) is 0 Å². The largest absolute Gasteiger partial charge is 0.342 e. The summed E-state index contributed by atoms with van der Waals surface area (Å²) in [7, 11) is 0. The fourth-order valence-corrected chi connectivity index (χ4v) is 2.97. The van der Waals surface area contributed by atoms with E-state index in [9.17, 15) is 9.59 Å². The number of carbonyl (C=O) groups excluding carboxylic acids is 2. The van der Waals surface area contributed by atoms with Crippen LogP contribution >= 0.6 is 0 Å². The fourth-order valence-electron chi connectivity index (χ4n) is 2.97. The summed E-state index contributed by atoms with van der Waals surface area (Å²) in [6.07, 6.45) is 6.23. The zero-order chi connectivity index (χ0) is 15.0. The van der Waals surface area contributed by atoms with Crippen molar-refractivity contribution in [3.05, 3.63) is 29.6 Å². The fraction of sp³-hybridized carbons (Fsp3) is 0.562. The average molecular weight is 287 g/mol. The molecule has 0 spiro atoms. The van der Waals surface area contributed by atoms with Gasteiger partial charge in [-0.15, -0.1) is 0 Å². The molecule has 2 heterocycles. The maximum Gasteiger partial charge on any atom is 0.246 e. The highest BCUT2D eigenvalue weighted by atomic mass is 16.2. The number of pyridine rings is 1. The molecule has 21 heavy (non-hydrogen) atoms. The Kier molecular flexibility index (Phi) is 3.66. The van der Waals surface area contributed by atoms with Gasteiger partial charge in [-0.25, -0.2) is 0 Å². The Labute approximate surface area is 124 Å². The van der Waals surface area contributed by atoms with E-state index >= 15 is 0 Å². The van der Waals surface area contributed by atoms with E-state index in [1.54, 1.807) is 17.3 Å². The van der Waals surface area contributed by atoms with E-state index in [0.29, 0.717) is 18.9 Å². The highest BCUT2D eigenvalue weighted by Gasteiger charge is 2.46. The normalized spacial score (nSPS) is 25.9. The number of carbonyl (C=O) groups is 2. The van der Waals surface area contributed by atoms with Gasteiger partial charge in [-0.2, -0.15) is 0 Å². The van der Waals surface area contributed by atoms with Gasteiger partial charge in [-0.3, -0.25) is 14.6 Å². The molecular weight excluding hydrogens is 266 g/mol. The molecule has 1 aliphatic heterocycles.